The molecular formula is C19H23NO4S. The maximum absolute atomic E-state index is 12.3. The minimum Gasteiger partial charge on any atom is -0.453 e. The molecule has 0 N–H and O–H groups in total. The van der Waals surface area contributed by atoms with Crippen LogP contribution in [0, 0.1) is 0 Å². The van der Waals surface area contributed by atoms with Crippen LogP contribution in [0.1, 0.15) is 38.7 Å². The molecule has 1 aliphatic rings. The summed E-state index contributed by atoms with van der Waals surface area (Å²) in [7, 11) is -3.68. The third-order valence-electron chi connectivity index (χ3n) is 4.03. The number of rotatable bonds is 7. The van der Waals surface area contributed by atoms with Crippen molar-refractivity contribution in [1.29, 1.82) is 0 Å². The Morgan fingerprint density at radius 1 is 1.00 bits per heavy atom. The number of unbranched alkanes of at least 4 members (excludes halogenated alkanes) is 1. The Morgan fingerprint density at radius 3 is 2.52 bits per heavy atom. The van der Waals surface area contributed by atoms with E-state index in [1.54, 1.807) is 12.1 Å². The number of hydrogen-bond acceptors (Lipinski definition) is 5. The Morgan fingerprint density at radius 2 is 1.76 bits per heavy atom. The standard InChI is InChI=1S/C19H23NO4S/c1-3-5-9-15-10-8-13-18-19(15)20(24-25(21,22)14-4-2)16-11-6-7-12-17(16)23-18/h6-8,10-13H,3-5,9,14H2,1-2H3. The highest BCUT2D eigenvalue weighted by Crippen LogP contribution is 2.48. The van der Waals surface area contributed by atoms with Gasteiger partial charge in [-0.2, -0.15) is 13.5 Å². The van der Waals surface area contributed by atoms with Crippen molar-refractivity contribution in [1.82, 2.24) is 0 Å². The van der Waals surface area contributed by atoms with E-state index in [0.717, 1.165) is 24.8 Å². The number of nitrogens with zero attached hydrogens (tertiary/aromatic N) is 1. The molecule has 0 bridgehead atoms. The molecule has 3 rings (SSSR count). The van der Waals surface area contributed by atoms with Crippen LogP contribution in [0.2, 0.25) is 0 Å². The lowest BCUT2D eigenvalue weighted by Gasteiger charge is -2.32. The fraction of sp³-hybridized carbons (Fsp3) is 0.368. The molecule has 2 aromatic carbocycles. The first-order valence-corrected chi connectivity index (χ1v) is 10.2. The highest BCUT2D eigenvalue weighted by Gasteiger charge is 2.31. The molecule has 1 aliphatic heterocycles. The molecule has 0 aromatic heterocycles. The Balaban J connectivity index is 2.09. The number of hydrogen-bond donors (Lipinski definition) is 0. The Labute approximate surface area is 149 Å². The van der Waals surface area contributed by atoms with Gasteiger partial charge >= 0.3 is 0 Å². The molecule has 0 atom stereocenters. The van der Waals surface area contributed by atoms with Crippen LogP contribution in [0.25, 0.3) is 0 Å². The second kappa shape index (κ2) is 7.45. The summed E-state index contributed by atoms with van der Waals surface area (Å²) in [5, 5.41) is 1.42. The van der Waals surface area contributed by atoms with Crippen LogP contribution in [0.4, 0.5) is 11.4 Å². The van der Waals surface area contributed by atoms with Crippen molar-refractivity contribution >= 4 is 21.5 Å². The maximum Gasteiger partial charge on any atom is 0.288 e. The molecule has 0 aliphatic carbocycles. The average Bonchev–Trinajstić information content (AvgIpc) is 2.59. The third kappa shape index (κ3) is 3.80. The van der Waals surface area contributed by atoms with Gasteiger partial charge in [0.1, 0.15) is 11.4 Å². The Hall–Kier alpha value is -2.05. The predicted octanol–water partition coefficient (Wildman–Crippen LogP) is 4.94. The topological polar surface area (TPSA) is 55.8 Å². The van der Waals surface area contributed by atoms with Gasteiger partial charge in [0.2, 0.25) is 0 Å². The van der Waals surface area contributed by atoms with Crippen molar-refractivity contribution in [2.45, 2.75) is 39.5 Å². The minimum absolute atomic E-state index is 0.0288. The summed E-state index contributed by atoms with van der Waals surface area (Å²) in [5.74, 6) is 1.16. The number of para-hydroxylation sites is 3. The van der Waals surface area contributed by atoms with Crippen LogP contribution in [0.5, 0.6) is 11.5 Å². The van der Waals surface area contributed by atoms with E-state index in [1.165, 1.54) is 5.06 Å². The summed E-state index contributed by atoms with van der Waals surface area (Å²) in [5.41, 5.74) is 2.29. The second-order valence-corrected chi connectivity index (χ2v) is 7.74. The zero-order valence-corrected chi connectivity index (χ0v) is 15.4. The molecule has 5 nitrogen and oxygen atoms in total. The number of anilines is 2. The van der Waals surface area contributed by atoms with Crippen molar-refractivity contribution in [3.05, 3.63) is 48.0 Å². The largest absolute Gasteiger partial charge is 0.453 e. The fourth-order valence-electron chi connectivity index (χ4n) is 2.88. The van der Waals surface area contributed by atoms with Gasteiger partial charge in [0.15, 0.2) is 11.5 Å². The number of benzene rings is 2. The second-order valence-electron chi connectivity index (χ2n) is 6.07. The summed E-state index contributed by atoms with van der Waals surface area (Å²) >= 11 is 0. The Bertz CT molecular complexity index is 848. The summed E-state index contributed by atoms with van der Waals surface area (Å²) in [6.07, 6.45) is 3.39. The minimum atomic E-state index is -3.68. The molecule has 0 saturated heterocycles. The van der Waals surface area contributed by atoms with E-state index in [2.05, 4.69) is 6.92 Å². The van der Waals surface area contributed by atoms with E-state index < -0.39 is 10.1 Å². The van der Waals surface area contributed by atoms with E-state index in [0.29, 0.717) is 29.3 Å². The quantitative estimate of drug-likeness (QED) is 0.699. The predicted molar refractivity (Wildman–Crippen MR) is 98.9 cm³/mol. The third-order valence-corrected chi connectivity index (χ3v) is 5.32. The van der Waals surface area contributed by atoms with Crippen LogP contribution in [0.15, 0.2) is 42.5 Å². The lowest BCUT2D eigenvalue weighted by atomic mass is 10.0. The molecule has 0 amide bonds. The monoisotopic (exact) mass is 361 g/mol. The molecule has 2 aromatic rings. The first-order chi connectivity index (χ1) is 12.1. The molecule has 6 heteroatoms. The molecular weight excluding hydrogens is 338 g/mol. The first kappa shape index (κ1) is 17.8. The van der Waals surface area contributed by atoms with Crippen molar-refractivity contribution in [2.24, 2.45) is 0 Å². The number of aryl methyl sites for hydroxylation is 1. The lowest BCUT2D eigenvalue weighted by molar-refractivity contribution is 0.307. The summed E-state index contributed by atoms with van der Waals surface area (Å²) in [6.45, 7) is 3.94. The van der Waals surface area contributed by atoms with E-state index in [9.17, 15) is 8.42 Å². The van der Waals surface area contributed by atoms with E-state index in [1.807, 2.05) is 37.3 Å². The van der Waals surface area contributed by atoms with Gasteiger partial charge in [-0.1, -0.05) is 44.5 Å². The highest BCUT2D eigenvalue weighted by atomic mass is 32.2. The van der Waals surface area contributed by atoms with Gasteiger partial charge in [-0.05, 0) is 43.0 Å². The van der Waals surface area contributed by atoms with E-state index in [-0.39, 0.29) is 5.75 Å². The van der Waals surface area contributed by atoms with Gasteiger partial charge in [0, 0.05) is 0 Å². The van der Waals surface area contributed by atoms with Gasteiger partial charge in [0.05, 0.1) is 5.75 Å². The van der Waals surface area contributed by atoms with Crippen LogP contribution in [-0.2, 0) is 20.8 Å². The Kier molecular flexibility index (Phi) is 5.30. The van der Waals surface area contributed by atoms with Crippen molar-refractivity contribution in [3.63, 3.8) is 0 Å². The number of ether oxygens (including phenoxy) is 1. The normalized spacial score (nSPS) is 13.1. The van der Waals surface area contributed by atoms with Crippen LogP contribution >= 0.6 is 0 Å². The molecule has 1 heterocycles. The molecule has 0 fully saturated rings. The molecule has 25 heavy (non-hydrogen) atoms. The highest BCUT2D eigenvalue weighted by molar-refractivity contribution is 7.86. The summed E-state index contributed by atoms with van der Waals surface area (Å²) < 4.78 is 36.2. The average molecular weight is 361 g/mol. The van der Waals surface area contributed by atoms with Gasteiger partial charge in [-0.25, -0.2) is 0 Å². The van der Waals surface area contributed by atoms with Crippen molar-refractivity contribution < 1.29 is 17.4 Å². The van der Waals surface area contributed by atoms with Crippen LogP contribution in [-0.4, -0.2) is 14.2 Å². The zero-order chi connectivity index (χ0) is 17.9. The maximum atomic E-state index is 12.3. The smallest absolute Gasteiger partial charge is 0.288 e. The van der Waals surface area contributed by atoms with Crippen LogP contribution < -0.4 is 9.80 Å². The lowest BCUT2D eigenvalue weighted by Crippen LogP contribution is -2.27. The SMILES string of the molecule is CCCCc1cccc2c1N(OS(=O)(=O)CCC)c1ccccc1O2. The van der Waals surface area contributed by atoms with E-state index in [4.69, 9.17) is 9.02 Å². The zero-order valence-electron chi connectivity index (χ0n) is 14.6. The summed E-state index contributed by atoms with van der Waals surface area (Å²) in [6, 6.07) is 13.1. The van der Waals surface area contributed by atoms with Crippen molar-refractivity contribution in [3.8, 4) is 11.5 Å². The fourth-order valence-corrected chi connectivity index (χ4v) is 3.83. The van der Waals surface area contributed by atoms with E-state index >= 15 is 0 Å². The summed E-state index contributed by atoms with van der Waals surface area (Å²) in [4.78, 5) is 0. The van der Waals surface area contributed by atoms with Gasteiger partial charge in [-0.3, -0.25) is 0 Å². The van der Waals surface area contributed by atoms with Gasteiger partial charge in [-0.15, -0.1) is 4.28 Å². The van der Waals surface area contributed by atoms with Crippen molar-refractivity contribution in [2.75, 3.05) is 10.8 Å². The van der Waals surface area contributed by atoms with Gasteiger partial charge < -0.3 is 4.74 Å². The first-order valence-electron chi connectivity index (χ1n) is 8.67. The molecule has 0 saturated carbocycles. The molecule has 0 radical (unpaired) electrons. The molecule has 0 unspecified atom stereocenters. The molecule has 0 spiro atoms. The molecule has 134 valence electrons. The van der Waals surface area contributed by atoms with Gasteiger partial charge in [0.25, 0.3) is 10.1 Å². The van der Waals surface area contributed by atoms with Crippen LogP contribution in [0.3, 0.4) is 0 Å². The number of fused-ring (bicyclic) bond motifs is 2.